The van der Waals surface area contributed by atoms with Gasteiger partial charge in [-0.25, -0.2) is 0 Å². The quantitative estimate of drug-likeness (QED) is 0.661. The average molecular weight is 392 g/mol. The van der Waals surface area contributed by atoms with E-state index in [1.165, 1.54) is 11.1 Å². The summed E-state index contributed by atoms with van der Waals surface area (Å²) in [7, 11) is 1.71. The molecular weight excluding hydrogens is 365 g/mol. The van der Waals surface area contributed by atoms with Crippen molar-refractivity contribution in [3.63, 3.8) is 0 Å². The fourth-order valence-corrected chi connectivity index (χ4v) is 4.49. The summed E-state index contributed by atoms with van der Waals surface area (Å²) in [5.74, 6) is 1.51. The monoisotopic (exact) mass is 391 g/mol. The zero-order valence-electron chi connectivity index (χ0n) is 15.9. The minimum Gasteiger partial charge on any atom is -0.496 e. The van der Waals surface area contributed by atoms with Crippen molar-refractivity contribution in [2.45, 2.75) is 45.1 Å². The third-order valence-electron chi connectivity index (χ3n) is 5.13. The second kappa shape index (κ2) is 7.80. The molecule has 0 aliphatic carbocycles. The van der Waals surface area contributed by atoms with Gasteiger partial charge in [-0.05, 0) is 47.2 Å². The summed E-state index contributed by atoms with van der Waals surface area (Å²) < 4.78 is 5.69. The molecule has 1 saturated heterocycles. The molecule has 3 atom stereocenters. The molecule has 3 rings (SSSR count). The number of benzene rings is 2. The first-order valence-electron chi connectivity index (χ1n) is 9.11. The number of hydrogen-bond donors (Lipinski definition) is 1. The molecule has 2 aromatic rings. The van der Waals surface area contributed by atoms with Crippen molar-refractivity contribution in [2.75, 3.05) is 13.7 Å². The van der Waals surface area contributed by atoms with E-state index in [9.17, 15) is 0 Å². The lowest BCUT2D eigenvalue weighted by Gasteiger charge is -2.31. The van der Waals surface area contributed by atoms with E-state index in [0.29, 0.717) is 22.9 Å². The highest BCUT2D eigenvalue weighted by Crippen LogP contribution is 2.46. The number of halogens is 2. The van der Waals surface area contributed by atoms with Crippen LogP contribution in [0.2, 0.25) is 10.0 Å². The standard InChI is InChI=1S/C22H27Cl2NO/c1-22(2,3)12-19-21(17-9-8-16(24)11-20(17)26-4)18(13-25-19)14-6-5-7-15(23)10-14/h5-11,18-19,21,25H,12-13H2,1-4H3/t18-,19-,21-/m0/s1. The molecule has 0 aromatic heterocycles. The van der Waals surface area contributed by atoms with Crippen LogP contribution < -0.4 is 10.1 Å². The number of hydrogen-bond acceptors (Lipinski definition) is 2. The normalized spacial score (nSPS) is 23.2. The van der Waals surface area contributed by atoms with Crippen LogP contribution in [0.25, 0.3) is 0 Å². The lowest BCUT2D eigenvalue weighted by atomic mass is 9.75. The molecule has 0 bridgehead atoms. The maximum Gasteiger partial charge on any atom is 0.123 e. The Morgan fingerprint density at radius 2 is 1.81 bits per heavy atom. The van der Waals surface area contributed by atoms with Gasteiger partial charge in [-0.2, -0.15) is 0 Å². The Morgan fingerprint density at radius 1 is 1.08 bits per heavy atom. The molecule has 2 aromatic carbocycles. The number of rotatable bonds is 4. The third-order valence-corrected chi connectivity index (χ3v) is 5.60. The Kier molecular flexibility index (Phi) is 5.86. The predicted molar refractivity (Wildman–Crippen MR) is 111 cm³/mol. The average Bonchev–Trinajstić information content (AvgIpc) is 2.96. The van der Waals surface area contributed by atoms with Crippen LogP contribution in [-0.4, -0.2) is 19.7 Å². The van der Waals surface area contributed by atoms with E-state index in [4.69, 9.17) is 27.9 Å². The second-order valence-corrected chi connectivity index (χ2v) is 9.23. The minimum atomic E-state index is 0.235. The van der Waals surface area contributed by atoms with Gasteiger partial charge in [-0.1, -0.05) is 62.2 Å². The first-order valence-corrected chi connectivity index (χ1v) is 9.86. The van der Waals surface area contributed by atoms with Crippen LogP contribution in [0.15, 0.2) is 42.5 Å². The van der Waals surface area contributed by atoms with E-state index in [2.05, 4.69) is 44.3 Å². The predicted octanol–water partition coefficient (Wildman–Crippen LogP) is 6.28. The van der Waals surface area contributed by atoms with E-state index in [0.717, 1.165) is 23.7 Å². The first-order chi connectivity index (χ1) is 12.3. The molecule has 26 heavy (non-hydrogen) atoms. The fraction of sp³-hybridized carbons (Fsp3) is 0.455. The van der Waals surface area contributed by atoms with Crippen LogP contribution in [0.1, 0.15) is 50.2 Å². The number of methoxy groups -OCH3 is 1. The number of ether oxygens (including phenoxy) is 1. The molecule has 1 heterocycles. The van der Waals surface area contributed by atoms with Crippen molar-refractivity contribution in [3.05, 3.63) is 63.6 Å². The van der Waals surface area contributed by atoms with Crippen LogP contribution in [0.4, 0.5) is 0 Å². The van der Waals surface area contributed by atoms with E-state index in [-0.39, 0.29) is 5.41 Å². The first kappa shape index (κ1) is 19.5. The highest BCUT2D eigenvalue weighted by atomic mass is 35.5. The van der Waals surface area contributed by atoms with Crippen molar-refractivity contribution in [3.8, 4) is 5.75 Å². The minimum absolute atomic E-state index is 0.235. The van der Waals surface area contributed by atoms with Crippen molar-refractivity contribution >= 4 is 23.2 Å². The Labute approximate surface area is 166 Å². The van der Waals surface area contributed by atoms with Gasteiger partial charge >= 0.3 is 0 Å². The molecule has 0 spiro atoms. The lowest BCUT2D eigenvalue weighted by molar-refractivity contribution is 0.306. The SMILES string of the molecule is COc1cc(Cl)ccc1[C@@H]1[C@H](CC(C)(C)C)NC[C@H]1c1cccc(Cl)c1. The smallest absolute Gasteiger partial charge is 0.123 e. The van der Waals surface area contributed by atoms with Crippen LogP contribution in [0, 0.1) is 5.41 Å². The van der Waals surface area contributed by atoms with E-state index < -0.39 is 0 Å². The maximum atomic E-state index is 6.28. The maximum absolute atomic E-state index is 6.28. The largest absolute Gasteiger partial charge is 0.496 e. The number of nitrogens with one attached hydrogen (secondary N) is 1. The van der Waals surface area contributed by atoms with Gasteiger partial charge in [0.1, 0.15) is 5.75 Å². The summed E-state index contributed by atoms with van der Waals surface area (Å²) in [6, 6.07) is 14.6. The topological polar surface area (TPSA) is 21.3 Å². The molecule has 0 amide bonds. The van der Waals surface area contributed by atoms with Gasteiger partial charge in [0, 0.05) is 34.5 Å². The molecule has 4 heteroatoms. The van der Waals surface area contributed by atoms with Gasteiger partial charge in [0.05, 0.1) is 7.11 Å². The molecule has 0 unspecified atom stereocenters. The van der Waals surface area contributed by atoms with Gasteiger partial charge in [0.2, 0.25) is 0 Å². The summed E-state index contributed by atoms with van der Waals surface area (Å²) in [6.45, 7) is 7.80. The zero-order chi connectivity index (χ0) is 18.9. The van der Waals surface area contributed by atoms with E-state index in [1.807, 2.05) is 24.3 Å². The summed E-state index contributed by atoms with van der Waals surface area (Å²) in [4.78, 5) is 0. The molecular formula is C22H27Cl2NO. The molecule has 0 radical (unpaired) electrons. The molecule has 140 valence electrons. The zero-order valence-corrected chi connectivity index (χ0v) is 17.4. The molecule has 1 N–H and O–H groups in total. The molecule has 1 aliphatic rings. The Hall–Kier alpha value is -1.22. The molecule has 0 saturated carbocycles. The van der Waals surface area contributed by atoms with Crippen molar-refractivity contribution in [1.82, 2.24) is 5.32 Å². The summed E-state index contributed by atoms with van der Waals surface area (Å²) in [5, 5.41) is 5.24. The summed E-state index contributed by atoms with van der Waals surface area (Å²) >= 11 is 12.5. The van der Waals surface area contributed by atoms with Crippen LogP contribution >= 0.6 is 23.2 Å². The van der Waals surface area contributed by atoms with Gasteiger partial charge in [-0.15, -0.1) is 0 Å². The highest BCUT2D eigenvalue weighted by Gasteiger charge is 2.40. The van der Waals surface area contributed by atoms with Gasteiger partial charge in [0.15, 0.2) is 0 Å². The Bertz CT molecular complexity index is 769. The van der Waals surface area contributed by atoms with E-state index >= 15 is 0 Å². The van der Waals surface area contributed by atoms with Crippen molar-refractivity contribution in [1.29, 1.82) is 0 Å². The summed E-state index contributed by atoms with van der Waals surface area (Å²) in [6.07, 6.45) is 1.08. The fourth-order valence-electron chi connectivity index (χ4n) is 4.13. The lowest BCUT2D eigenvalue weighted by Crippen LogP contribution is -2.31. The Balaban J connectivity index is 2.05. The van der Waals surface area contributed by atoms with Crippen LogP contribution in [0.5, 0.6) is 5.75 Å². The molecule has 1 fully saturated rings. The highest BCUT2D eigenvalue weighted by molar-refractivity contribution is 6.31. The molecule has 1 aliphatic heterocycles. The van der Waals surface area contributed by atoms with Gasteiger partial charge in [-0.3, -0.25) is 0 Å². The van der Waals surface area contributed by atoms with Crippen LogP contribution in [-0.2, 0) is 0 Å². The van der Waals surface area contributed by atoms with Gasteiger partial charge in [0.25, 0.3) is 0 Å². The van der Waals surface area contributed by atoms with Crippen LogP contribution in [0.3, 0.4) is 0 Å². The molecule has 2 nitrogen and oxygen atoms in total. The van der Waals surface area contributed by atoms with Gasteiger partial charge < -0.3 is 10.1 Å². The second-order valence-electron chi connectivity index (χ2n) is 8.35. The Morgan fingerprint density at radius 3 is 2.46 bits per heavy atom. The third kappa shape index (κ3) is 4.36. The summed E-state index contributed by atoms with van der Waals surface area (Å²) in [5.41, 5.74) is 2.71. The van der Waals surface area contributed by atoms with E-state index in [1.54, 1.807) is 7.11 Å². The van der Waals surface area contributed by atoms with Crippen molar-refractivity contribution < 1.29 is 4.74 Å². The van der Waals surface area contributed by atoms with Crippen molar-refractivity contribution in [2.24, 2.45) is 5.41 Å².